The molecule has 40 valence electrons. The van der Waals surface area contributed by atoms with E-state index in [0.29, 0.717) is 0 Å². The molecular formula is C3H7AlClNO. The average molecular weight is 136 g/mol. The van der Waals surface area contributed by atoms with Crippen molar-refractivity contribution in [2.45, 2.75) is 0 Å². The molecule has 0 spiro atoms. The van der Waals surface area contributed by atoms with Gasteiger partial charge in [0, 0.05) is 0 Å². The second-order valence-corrected chi connectivity index (χ2v) is 0.606. The molecule has 0 aromatic heterocycles. The Kier molecular flexibility index (Phi) is 13.6. The molecule has 2 N–H and O–H groups in total. The van der Waals surface area contributed by atoms with E-state index in [1.807, 2.05) is 0 Å². The van der Waals surface area contributed by atoms with Crippen molar-refractivity contribution >= 4 is 31.3 Å². The van der Waals surface area contributed by atoms with E-state index in [1.54, 1.807) is 0 Å². The number of carbonyl (C=O) groups excluding carboxylic acids is 1. The van der Waals surface area contributed by atoms with Gasteiger partial charge in [0.1, 0.15) is 0 Å². The third-order valence-electron chi connectivity index (χ3n) is 0.201. The van der Waals surface area contributed by atoms with E-state index >= 15 is 0 Å². The van der Waals surface area contributed by atoms with Crippen LogP contribution >= 0.6 is 10.0 Å². The summed E-state index contributed by atoms with van der Waals surface area (Å²) in [6.45, 7) is 3.09. The fraction of sp³-hybridized carbons (Fsp3) is 0. The molecule has 0 aliphatic heterocycles. The first kappa shape index (κ1) is 10.1. The quantitative estimate of drug-likeness (QED) is 0.380. The molecule has 0 saturated carbocycles. The van der Waals surface area contributed by atoms with Gasteiger partial charge in [-0.15, -0.1) is 0 Å². The highest BCUT2D eigenvalue weighted by Crippen LogP contribution is 1.48. The van der Waals surface area contributed by atoms with Crippen LogP contribution in [0, 0.1) is 0 Å². The molecular weight excluding hydrogens is 128 g/mol. The van der Waals surface area contributed by atoms with Crippen LogP contribution in [0.5, 0.6) is 0 Å². The Balaban J connectivity index is 0. The second kappa shape index (κ2) is 9.40. The Morgan fingerprint density at radius 2 is 2.00 bits per heavy atom. The molecule has 0 aromatic rings. The van der Waals surface area contributed by atoms with Crippen LogP contribution in [0.4, 0.5) is 0 Å². The zero-order chi connectivity index (χ0) is 6.28. The van der Waals surface area contributed by atoms with E-state index in [4.69, 9.17) is 10.0 Å². The lowest BCUT2D eigenvalue weighted by Crippen LogP contribution is -2.04. The summed E-state index contributed by atoms with van der Waals surface area (Å²) in [5.41, 5.74) is 4.53. The molecule has 0 atom stereocenters. The minimum atomic E-state index is -0.481. The van der Waals surface area contributed by atoms with Crippen molar-refractivity contribution in [2.24, 2.45) is 5.73 Å². The summed E-state index contributed by atoms with van der Waals surface area (Å²) in [6.07, 6.45) is 1.06. The van der Waals surface area contributed by atoms with Crippen LogP contribution in [0.1, 0.15) is 0 Å². The number of nitrogens with two attached hydrogens (primary N) is 1. The van der Waals surface area contributed by atoms with E-state index in [1.165, 1.54) is 0 Å². The molecule has 0 radical (unpaired) electrons. The molecule has 0 aliphatic rings. The van der Waals surface area contributed by atoms with Crippen LogP contribution in [-0.2, 0) is 4.79 Å². The summed E-state index contributed by atoms with van der Waals surface area (Å²) in [5, 5.41) is 0. The van der Waals surface area contributed by atoms with E-state index in [2.05, 4.69) is 12.3 Å². The second-order valence-electron chi connectivity index (χ2n) is 0.606. The number of carbonyl (C=O) groups is 1. The highest BCUT2D eigenvalue weighted by Gasteiger charge is 1.69. The largest absolute Gasteiger partial charge is 0.366 e. The summed E-state index contributed by atoms with van der Waals surface area (Å²) in [7, 11) is 4.78. The number of hydrogen-bond acceptors (Lipinski definition) is 1. The maximum absolute atomic E-state index is 9.47. The van der Waals surface area contributed by atoms with Gasteiger partial charge in [0.05, 0.1) is 0 Å². The Hall–Kier alpha value is 0.0325. The molecule has 0 heterocycles. The highest BCUT2D eigenvalue weighted by molar-refractivity contribution is 6.80. The molecule has 1 amide bonds. The molecule has 0 aliphatic carbocycles. The zero-order valence-electron chi connectivity index (χ0n) is 4.15. The van der Waals surface area contributed by atoms with Gasteiger partial charge in [-0.05, 0) is 6.08 Å². The number of hydrogen-bond donors (Lipinski definition) is 1. The Bertz CT molecular complexity index is 66.0. The highest BCUT2D eigenvalue weighted by atomic mass is 35.6. The first-order valence-corrected chi connectivity index (χ1v) is 4.59. The van der Waals surface area contributed by atoms with Gasteiger partial charge >= 0.3 is 15.4 Å². The first-order valence-electron chi connectivity index (χ1n) is 1.57. The molecule has 0 saturated heterocycles. The van der Waals surface area contributed by atoms with Crippen LogP contribution in [0.3, 0.4) is 0 Å². The van der Waals surface area contributed by atoms with Gasteiger partial charge < -0.3 is 5.73 Å². The summed E-state index contributed by atoms with van der Waals surface area (Å²) in [6, 6.07) is 0. The van der Waals surface area contributed by atoms with Gasteiger partial charge in [-0.25, -0.2) is 0 Å². The van der Waals surface area contributed by atoms with Gasteiger partial charge in [0.15, 0.2) is 0 Å². The van der Waals surface area contributed by atoms with Crippen LogP contribution in [-0.4, -0.2) is 21.3 Å². The van der Waals surface area contributed by atoms with Crippen molar-refractivity contribution in [3.05, 3.63) is 12.7 Å². The molecule has 7 heavy (non-hydrogen) atoms. The van der Waals surface area contributed by atoms with Gasteiger partial charge in [-0.1, -0.05) is 6.58 Å². The van der Waals surface area contributed by atoms with E-state index < -0.39 is 5.91 Å². The van der Waals surface area contributed by atoms with Gasteiger partial charge in [0.25, 0.3) is 0 Å². The number of rotatable bonds is 1. The van der Waals surface area contributed by atoms with E-state index in [9.17, 15) is 4.79 Å². The lowest BCUT2D eigenvalue weighted by atomic mass is 10.6. The maximum Gasteiger partial charge on any atom is 0.353 e. The number of halogens is 1. The lowest BCUT2D eigenvalue weighted by Gasteiger charge is -1.65. The first-order chi connectivity index (χ1) is 3.27. The van der Waals surface area contributed by atoms with Crippen LogP contribution in [0.25, 0.3) is 0 Å². The Morgan fingerprint density at radius 1 is 1.86 bits per heavy atom. The zero-order valence-corrected chi connectivity index (χ0v) is 6.90. The van der Waals surface area contributed by atoms with Crippen LogP contribution < -0.4 is 5.73 Å². The SMILES string of the molecule is C=CC(N)=O.[AlH2][Cl]. The van der Waals surface area contributed by atoms with Gasteiger partial charge in [-0.2, -0.15) is 0 Å². The van der Waals surface area contributed by atoms with Crippen LogP contribution in [0.15, 0.2) is 12.7 Å². The van der Waals surface area contributed by atoms with Crippen molar-refractivity contribution in [3.8, 4) is 0 Å². The Morgan fingerprint density at radius 3 is 2.00 bits per heavy atom. The Labute approximate surface area is 55.0 Å². The standard InChI is InChI=1S/C3H5NO.Al.ClH.2H/c1-2-3(4)5;;;;/h2H,1H2,(H2,4,5);;1H;;/q;+1;;;/p-1. The number of amides is 1. The molecule has 0 unspecified atom stereocenters. The summed E-state index contributed by atoms with van der Waals surface area (Å²) < 4.78 is 0. The smallest absolute Gasteiger partial charge is 0.353 e. The third kappa shape index (κ3) is 23.7. The lowest BCUT2D eigenvalue weighted by molar-refractivity contribution is -0.113. The molecule has 2 nitrogen and oxygen atoms in total. The van der Waals surface area contributed by atoms with E-state index in [-0.39, 0.29) is 0 Å². The van der Waals surface area contributed by atoms with Crippen molar-refractivity contribution in [1.82, 2.24) is 0 Å². The van der Waals surface area contributed by atoms with Crippen molar-refractivity contribution in [2.75, 3.05) is 0 Å². The topological polar surface area (TPSA) is 43.1 Å². The summed E-state index contributed by atoms with van der Waals surface area (Å²) in [5.74, 6) is -0.481. The molecule has 0 bridgehead atoms. The molecule has 4 heteroatoms. The van der Waals surface area contributed by atoms with Gasteiger partial charge in [-0.3, -0.25) is 14.8 Å². The minimum Gasteiger partial charge on any atom is -0.366 e. The normalized spacial score (nSPS) is 5.29. The van der Waals surface area contributed by atoms with Gasteiger partial charge in [0.2, 0.25) is 5.91 Å². The maximum atomic E-state index is 9.47. The fourth-order valence-corrected chi connectivity index (χ4v) is 0. The van der Waals surface area contributed by atoms with Crippen molar-refractivity contribution in [3.63, 3.8) is 0 Å². The molecule has 0 rings (SSSR count). The molecule has 0 aromatic carbocycles. The van der Waals surface area contributed by atoms with E-state index in [0.717, 1.165) is 21.4 Å². The third-order valence-corrected chi connectivity index (χ3v) is 0.201. The summed E-state index contributed by atoms with van der Waals surface area (Å²) >= 11 is 0.778. The van der Waals surface area contributed by atoms with Crippen LogP contribution in [0.2, 0.25) is 0 Å². The fourth-order valence-electron chi connectivity index (χ4n) is 0. The minimum absolute atomic E-state index is 0.481. The predicted molar refractivity (Wildman–Crippen MR) is 33.8 cm³/mol. The molecule has 0 fully saturated rings. The predicted octanol–water partition coefficient (Wildman–Crippen LogP) is -0.569. The van der Waals surface area contributed by atoms with Crippen molar-refractivity contribution in [1.29, 1.82) is 0 Å². The average Bonchev–Trinajstić information content (AvgIpc) is 1.73. The van der Waals surface area contributed by atoms with Crippen molar-refractivity contribution < 1.29 is 4.79 Å². The summed E-state index contributed by atoms with van der Waals surface area (Å²) in [4.78, 5) is 9.47. The number of primary amides is 1. The monoisotopic (exact) mass is 135 g/mol.